The van der Waals surface area contributed by atoms with E-state index in [-0.39, 0.29) is 0 Å². The summed E-state index contributed by atoms with van der Waals surface area (Å²) in [6, 6.07) is 15.6. The van der Waals surface area contributed by atoms with Crippen LogP contribution in [0.4, 0.5) is 0 Å². The van der Waals surface area contributed by atoms with E-state index in [4.69, 9.17) is 0 Å². The summed E-state index contributed by atoms with van der Waals surface area (Å²) in [5, 5.41) is 0. The summed E-state index contributed by atoms with van der Waals surface area (Å²) in [6.07, 6.45) is 12.9. The number of hydrogen-bond acceptors (Lipinski definition) is 3. The second-order valence-corrected chi connectivity index (χ2v) is 7.12. The monoisotopic (exact) mass is 346 g/mol. The fourth-order valence-corrected chi connectivity index (χ4v) is 3.86. The fraction of sp³-hybridized carbons (Fsp3) is 0.364. The first-order chi connectivity index (χ1) is 12.9. The largest absolute Gasteiger partial charge is 0.337 e. The van der Waals surface area contributed by atoms with E-state index in [2.05, 4.69) is 56.0 Å². The summed E-state index contributed by atoms with van der Waals surface area (Å²) in [5.41, 5.74) is 3.61. The van der Waals surface area contributed by atoms with Crippen molar-refractivity contribution in [2.45, 2.75) is 44.8 Å². The Kier molecular flexibility index (Phi) is 5.41. The predicted octanol–water partition coefficient (Wildman–Crippen LogP) is 4.39. The number of hydrogen-bond donors (Lipinski definition) is 0. The number of piperidine rings is 1. The van der Waals surface area contributed by atoms with Crippen LogP contribution in [-0.2, 0) is 13.1 Å². The minimum Gasteiger partial charge on any atom is -0.337 e. The summed E-state index contributed by atoms with van der Waals surface area (Å²) in [6.45, 7) is 3.30. The molecule has 0 spiro atoms. The van der Waals surface area contributed by atoms with Crippen LogP contribution in [0.1, 0.15) is 31.2 Å². The molecule has 0 radical (unpaired) electrons. The summed E-state index contributed by atoms with van der Waals surface area (Å²) in [5.74, 6) is 0. The molecule has 1 aromatic carbocycles. The molecule has 3 heterocycles. The maximum Gasteiger partial charge on any atom is 0.0945 e. The average molecular weight is 346 g/mol. The summed E-state index contributed by atoms with van der Waals surface area (Å²) < 4.78 is 2.19. The molecule has 1 aliphatic rings. The molecule has 0 amide bonds. The number of aromatic nitrogens is 3. The van der Waals surface area contributed by atoms with Gasteiger partial charge in [0.25, 0.3) is 0 Å². The third-order valence-corrected chi connectivity index (χ3v) is 5.33. The van der Waals surface area contributed by atoms with Crippen LogP contribution in [0.5, 0.6) is 0 Å². The summed E-state index contributed by atoms with van der Waals surface area (Å²) in [7, 11) is 0. The highest BCUT2D eigenvalue weighted by molar-refractivity contribution is 5.58. The molecule has 0 aliphatic carbocycles. The second-order valence-electron chi connectivity index (χ2n) is 7.12. The zero-order chi connectivity index (χ0) is 17.6. The quantitative estimate of drug-likeness (QED) is 0.664. The summed E-state index contributed by atoms with van der Waals surface area (Å²) in [4.78, 5) is 11.3. The van der Waals surface area contributed by atoms with E-state index in [1.54, 1.807) is 0 Å². The Hall–Kier alpha value is -2.46. The van der Waals surface area contributed by atoms with Gasteiger partial charge in [-0.3, -0.25) is 9.88 Å². The predicted molar refractivity (Wildman–Crippen MR) is 105 cm³/mol. The van der Waals surface area contributed by atoms with E-state index in [0.717, 1.165) is 18.8 Å². The number of nitrogens with zero attached hydrogens (tertiary/aromatic N) is 4. The molecule has 1 aliphatic heterocycles. The number of likely N-dealkylation sites (tertiary alicyclic amines) is 1. The van der Waals surface area contributed by atoms with Crippen molar-refractivity contribution in [1.29, 1.82) is 0 Å². The van der Waals surface area contributed by atoms with Gasteiger partial charge in [-0.2, -0.15) is 0 Å². The third kappa shape index (κ3) is 4.20. The number of aryl methyl sites for hydroxylation is 1. The first-order valence-corrected chi connectivity index (χ1v) is 9.58. The van der Waals surface area contributed by atoms with Crippen molar-refractivity contribution in [2.75, 3.05) is 6.54 Å². The van der Waals surface area contributed by atoms with Crippen molar-refractivity contribution in [2.24, 2.45) is 0 Å². The van der Waals surface area contributed by atoms with Crippen LogP contribution in [0.3, 0.4) is 0 Å². The van der Waals surface area contributed by atoms with Crippen molar-refractivity contribution in [3.8, 4) is 11.3 Å². The van der Waals surface area contributed by atoms with Crippen molar-refractivity contribution in [3.63, 3.8) is 0 Å². The van der Waals surface area contributed by atoms with Crippen molar-refractivity contribution >= 4 is 0 Å². The first kappa shape index (κ1) is 17.0. The molecule has 1 saturated heterocycles. The van der Waals surface area contributed by atoms with Crippen LogP contribution in [-0.4, -0.2) is 32.0 Å². The molecule has 4 rings (SSSR count). The molecule has 0 N–H and O–H groups in total. The molecular formula is C22H26N4. The van der Waals surface area contributed by atoms with Crippen LogP contribution < -0.4 is 0 Å². The highest BCUT2D eigenvalue weighted by Crippen LogP contribution is 2.24. The first-order valence-electron chi connectivity index (χ1n) is 9.58. The highest BCUT2D eigenvalue weighted by Gasteiger charge is 2.22. The molecule has 26 heavy (non-hydrogen) atoms. The van der Waals surface area contributed by atoms with Gasteiger partial charge in [0.2, 0.25) is 0 Å². The standard InChI is InChI=1S/C22H26N4/c1-3-12-24-22(6-1)20-9-7-19(8-10-20)17-26-14-4-2-5-21(26)11-15-25-16-13-23-18-25/h1,3,6-10,12-13,16,18,21H,2,4-5,11,14-15,17H2/t21-/m0/s1. The van der Waals surface area contributed by atoms with Gasteiger partial charge in [0.15, 0.2) is 0 Å². The molecule has 134 valence electrons. The van der Waals surface area contributed by atoms with Gasteiger partial charge in [-0.25, -0.2) is 4.98 Å². The van der Waals surface area contributed by atoms with E-state index in [0.29, 0.717) is 6.04 Å². The number of imidazole rings is 1. The van der Waals surface area contributed by atoms with Gasteiger partial charge in [-0.05, 0) is 43.5 Å². The average Bonchev–Trinajstić information content (AvgIpc) is 3.22. The normalized spacial score (nSPS) is 18.1. The van der Waals surface area contributed by atoms with Crippen LogP contribution in [0.25, 0.3) is 11.3 Å². The number of pyridine rings is 1. The van der Waals surface area contributed by atoms with Gasteiger partial charge in [-0.1, -0.05) is 36.8 Å². The highest BCUT2D eigenvalue weighted by atomic mass is 15.2. The Bertz CT molecular complexity index is 781. The van der Waals surface area contributed by atoms with Crippen molar-refractivity contribution in [1.82, 2.24) is 19.4 Å². The van der Waals surface area contributed by atoms with Crippen molar-refractivity contribution < 1.29 is 0 Å². The van der Waals surface area contributed by atoms with E-state index in [1.807, 2.05) is 30.9 Å². The van der Waals surface area contributed by atoms with Crippen LogP contribution in [0.2, 0.25) is 0 Å². The lowest BCUT2D eigenvalue weighted by molar-refractivity contribution is 0.128. The fourth-order valence-electron chi connectivity index (χ4n) is 3.86. The lowest BCUT2D eigenvalue weighted by Crippen LogP contribution is -2.39. The molecule has 3 aromatic rings. The lowest BCUT2D eigenvalue weighted by atomic mass is 9.98. The van der Waals surface area contributed by atoms with Crippen LogP contribution in [0, 0.1) is 0 Å². The second kappa shape index (κ2) is 8.28. The SMILES string of the molecule is c1ccc(-c2ccc(CN3CCCC[C@H]3CCn3ccnc3)cc2)nc1. The topological polar surface area (TPSA) is 34.0 Å². The minimum atomic E-state index is 0.668. The molecule has 1 fully saturated rings. The van der Waals surface area contributed by atoms with E-state index in [1.165, 1.54) is 43.4 Å². The molecule has 4 nitrogen and oxygen atoms in total. The van der Waals surface area contributed by atoms with Gasteiger partial charge in [0.1, 0.15) is 0 Å². The smallest absolute Gasteiger partial charge is 0.0945 e. The molecule has 4 heteroatoms. The van der Waals surface area contributed by atoms with Gasteiger partial charge in [0.05, 0.1) is 12.0 Å². The molecule has 2 aromatic heterocycles. The number of benzene rings is 1. The molecule has 0 saturated carbocycles. The van der Waals surface area contributed by atoms with E-state index < -0.39 is 0 Å². The number of rotatable bonds is 6. The van der Waals surface area contributed by atoms with Crippen LogP contribution >= 0.6 is 0 Å². The van der Waals surface area contributed by atoms with E-state index in [9.17, 15) is 0 Å². The Morgan fingerprint density at radius 2 is 1.92 bits per heavy atom. The zero-order valence-corrected chi connectivity index (χ0v) is 15.2. The van der Waals surface area contributed by atoms with Crippen molar-refractivity contribution in [3.05, 3.63) is 72.9 Å². The van der Waals surface area contributed by atoms with Gasteiger partial charge in [-0.15, -0.1) is 0 Å². The van der Waals surface area contributed by atoms with E-state index >= 15 is 0 Å². The lowest BCUT2D eigenvalue weighted by Gasteiger charge is -2.36. The Labute approximate surface area is 155 Å². The summed E-state index contributed by atoms with van der Waals surface area (Å²) >= 11 is 0. The van der Waals surface area contributed by atoms with Gasteiger partial charge in [0, 0.05) is 43.3 Å². The maximum atomic E-state index is 4.44. The minimum absolute atomic E-state index is 0.668. The molecule has 1 atom stereocenters. The maximum absolute atomic E-state index is 4.44. The van der Waals surface area contributed by atoms with Gasteiger partial charge < -0.3 is 4.57 Å². The Morgan fingerprint density at radius 3 is 2.69 bits per heavy atom. The molecular weight excluding hydrogens is 320 g/mol. The Morgan fingerprint density at radius 1 is 1.00 bits per heavy atom. The zero-order valence-electron chi connectivity index (χ0n) is 15.2. The molecule has 0 unspecified atom stereocenters. The molecule has 0 bridgehead atoms. The van der Waals surface area contributed by atoms with Gasteiger partial charge >= 0.3 is 0 Å². The third-order valence-electron chi connectivity index (χ3n) is 5.33. The Balaban J connectivity index is 1.39. The van der Waals surface area contributed by atoms with Crippen LogP contribution in [0.15, 0.2) is 67.4 Å².